The fourth-order valence-electron chi connectivity index (χ4n) is 3.47. The lowest BCUT2D eigenvalue weighted by Gasteiger charge is -2.24. The minimum absolute atomic E-state index is 0.198. The lowest BCUT2D eigenvalue weighted by molar-refractivity contribution is 0.159. The number of aromatic nitrogens is 2. The number of phosphoric acid groups is 3. The summed E-state index contributed by atoms with van der Waals surface area (Å²) in [5, 5.41) is 6.37. The van der Waals surface area contributed by atoms with E-state index in [9.17, 15) is 23.5 Å². The van der Waals surface area contributed by atoms with Crippen LogP contribution in [0.15, 0.2) is 23.5 Å². The number of allylic oxidation sites excluding steroid dienone is 1. The number of phosphoric ester groups is 1. The number of nitrogens with zero attached hydrogens (tertiary/aromatic N) is 3. The molecule has 0 bridgehead atoms. The number of hydrogen-bond acceptors (Lipinski definition) is 11. The fourth-order valence-corrected chi connectivity index (χ4v) is 6.55. The highest BCUT2D eigenvalue weighted by molar-refractivity contribution is 7.66. The van der Waals surface area contributed by atoms with Crippen LogP contribution >= 0.6 is 23.5 Å². The van der Waals surface area contributed by atoms with Crippen LogP contribution in [0.4, 0.5) is 5.82 Å². The number of imidazole rings is 1. The van der Waals surface area contributed by atoms with Crippen molar-refractivity contribution in [3.8, 4) is 0 Å². The Morgan fingerprint density at radius 2 is 1.88 bits per heavy atom. The molecule has 1 aromatic heterocycles. The fraction of sp³-hybridized carbons (Fsp3) is 0.571. The van der Waals surface area contributed by atoms with Gasteiger partial charge in [-0.3, -0.25) is 9.84 Å². The van der Waals surface area contributed by atoms with E-state index in [1.54, 1.807) is 12.4 Å². The largest absolute Gasteiger partial charge is 0.490 e. The van der Waals surface area contributed by atoms with E-state index in [0.717, 1.165) is 12.8 Å². The molecule has 8 N–H and O–H groups in total. The van der Waals surface area contributed by atoms with Gasteiger partial charge in [0.05, 0.1) is 19.0 Å². The molecular weight excluding hydrogens is 505 g/mol. The van der Waals surface area contributed by atoms with Crippen molar-refractivity contribution in [1.82, 2.24) is 14.9 Å². The first-order chi connectivity index (χ1) is 15.3. The Morgan fingerprint density at radius 1 is 1.15 bits per heavy atom. The number of rotatable bonds is 10. The maximum absolute atomic E-state index is 11.9. The standard InChI is InChI=1S/C14H23N6O10P3/c15-14-18-12(17-9-2-3-9)11-13(19-14)20(7-16-11)10-4-1-8(5-10)6-28-32(24,25)30-33(26,27)29-31(21,22)23/h1,4,7-10,12,17H,2-3,5-6H2,(H,24,25)(H,26,27)(H3,15,18,19)(H2,21,22,23)/t8-,10+,12?/m1/s1. The second-order valence-electron chi connectivity index (χ2n) is 7.70. The van der Waals surface area contributed by atoms with E-state index in [4.69, 9.17) is 20.0 Å². The summed E-state index contributed by atoms with van der Waals surface area (Å²) in [4.78, 5) is 44.7. The third-order valence-corrected chi connectivity index (χ3v) is 8.74. The van der Waals surface area contributed by atoms with E-state index in [2.05, 4.69) is 29.2 Å². The van der Waals surface area contributed by atoms with Crippen molar-refractivity contribution >= 4 is 35.2 Å². The average Bonchev–Trinajstić information content (AvgIpc) is 3.17. The maximum atomic E-state index is 11.9. The van der Waals surface area contributed by atoms with Gasteiger partial charge in [-0.1, -0.05) is 12.2 Å². The molecule has 0 spiro atoms. The van der Waals surface area contributed by atoms with Gasteiger partial charge in [-0.25, -0.2) is 23.7 Å². The number of nitrogens with one attached hydrogen (secondary N) is 2. The summed E-state index contributed by atoms with van der Waals surface area (Å²) in [5.41, 5.74) is 6.61. The number of aliphatic imine (C=N–C) groups is 1. The molecule has 2 aliphatic carbocycles. The van der Waals surface area contributed by atoms with Gasteiger partial charge in [0.1, 0.15) is 17.7 Å². The van der Waals surface area contributed by atoms with Gasteiger partial charge in [0.25, 0.3) is 0 Å². The van der Waals surface area contributed by atoms with E-state index in [0.29, 0.717) is 24.0 Å². The van der Waals surface area contributed by atoms with Crippen molar-refractivity contribution in [3.63, 3.8) is 0 Å². The lowest BCUT2D eigenvalue weighted by atomic mass is 10.1. The van der Waals surface area contributed by atoms with Gasteiger partial charge in [0.2, 0.25) is 0 Å². The van der Waals surface area contributed by atoms with Crippen LogP contribution in [0.5, 0.6) is 0 Å². The van der Waals surface area contributed by atoms with Crippen LogP contribution in [0.2, 0.25) is 0 Å². The van der Waals surface area contributed by atoms with Crippen LogP contribution in [0.3, 0.4) is 0 Å². The number of nitrogens with two attached hydrogens (primary N) is 1. The van der Waals surface area contributed by atoms with Crippen LogP contribution in [-0.2, 0) is 26.8 Å². The molecular formula is C14H23N6O10P3. The number of anilines is 1. The summed E-state index contributed by atoms with van der Waals surface area (Å²) in [5.74, 6) is 0.533. The molecule has 33 heavy (non-hydrogen) atoms. The first kappa shape index (κ1) is 24.7. The number of hydrogen-bond donors (Lipinski definition) is 7. The predicted molar refractivity (Wildman–Crippen MR) is 112 cm³/mol. The number of fused-ring (bicyclic) bond motifs is 1. The van der Waals surface area contributed by atoms with Gasteiger partial charge in [-0.2, -0.15) is 8.62 Å². The summed E-state index contributed by atoms with van der Waals surface area (Å²) in [7, 11) is -16.2. The van der Waals surface area contributed by atoms with E-state index >= 15 is 0 Å². The Labute approximate surface area is 187 Å². The van der Waals surface area contributed by atoms with E-state index in [1.807, 2.05) is 10.6 Å². The highest BCUT2D eigenvalue weighted by atomic mass is 31.3. The third kappa shape index (κ3) is 6.59. The molecule has 1 aromatic rings. The maximum Gasteiger partial charge on any atom is 0.490 e. The summed E-state index contributed by atoms with van der Waals surface area (Å²) >= 11 is 0. The SMILES string of the molecule is NC1=NC(NC2CC2)c2ncn([C@H]3C=C[C@@H](COP(=O)(O)OP(=O)(O)OP(=O)(O)O)C3)c2N1. The molecule has 1 saturated carbocycles. The van der Waals surface area contributed by atoms with Gasteiger partial charge in [-0.15, -0.1) is 0 Å². The predicted octanol–water partition coefficient (Wildman–Crippen LogP) is 0.834. The zero-order valence-corrected chi connectivity index (χ0v) is 19.6. The second kappa shape index (κ2) is 8.99. The molecule has 3 unspecified atom stereocenters. The molecule has 19 heteroatoms. The van der Waals surface area contributed by atoms with Crippen molar-refractivity contribution in [2.24, 2.45) is 16.6 Å². The Kier molecular flexibility index (Phi) is 6.73. The summed E-state index contributed by atoms with van der Waals surface area (Å²) in [6, 6.07) is 0.184. The zero-order chi connectivity index (χ0) is 24.0. The lowest BCUT2D eigenvalue weighted by Crippen LogP contribution is -2.34. The van der Waals surface area contributed by atoms with Crippen LogP contribution in [-0.4, -0.2) is 47.7 Å². The van der Waals surface area contributed by atoms with E-state index < -0.39 is 23.5 Å². The first-order valence-electron chi connectivity index (χ1n) is 9.70. The topological polar surface area (TPSA) is 240 Å². The van der Waals surface area contributed by atoms with Crippen molar-refractivity contribution < 1.29 is 46.4 Å². The highest BCUT2D eigenvalue weighted by Crippen LogP contribution is 2.66. The van der Waals surface area contributed by atoms with Crippen molar-refractivity contribution in [1.29, 1.82) is 0 Å². The van der Waals surface area contributed by atoms with E-state index in [-0.39, 0.29) is 30.7 Å². The van der Waals surface area contributed by atoms with Crippen molar-refractivity contribution in [3.05, 3.63) is 24.2 Å². The van der Waals surface area contributed by atoms with Gasteiger partial charge in [0.15, 0.2) is 5.96 Å². The Balaban J connectivity index is 1.35. The van der Waals surface area contributed by atoms with Crippen molar-refractivity contribution in [2.75, 3.05) is 11.9 Å². The molecule has 4 rings (SSSR count). The quantitative estimate of drug-likeness (QED) is 0.164. The smallest absolute Gasteiger partial charge is 0.370 e. The molecule has 0 amide bonds. The summed E-state index contributed by atoms with van der Waals surface area (Å²) in [6.45, 7) is -0.379. The Hall–Kier alpha value is -1.41. The second-order valence-corrected chi connectivity index (χ2v) is 12.1. The molecule has 0 saturated heterocycles. The molecule has 5 atom stereocenters. The minimum atomic E-state index is -5.55. The molecule has 0 radical (unpaired) electrons. The summed E-state index contributed by atoms with van der Waals surface area (Å²) < 4.78 is 48.0. The van der Waals surface area contributed by atoms with Crippen LogP contribution in [0.1, 0.15) is 37.2 Å². The number of guanidine groups is 1. The molecule has 0 aromatic carbocycles. The highest BCUT2D eigenvalue weighted by Gasteiger charge is 2.41. The van der Waals surface area contributed by atoms with Gasteiger partial charge < -0.3 is 35.2 Å². The first-order valence-corrected chi connectivity index (χ1v) is 14.2. The van der Waals surface area contributed by atoms with Crippen LogP contribution in [0.25, 0.3) is 0 Å². The van der Waals surface area contributed by atoms with Crippen LogP contribution < -0.4 is 16.4 Å². The van der Waals surface area contributed by atoms with Gasteiger partial charge in [0, 0.05) is 12.0 Å². The normalized spacial score (nSPS) is 28.5. The van der Waals surface area contributed by atoms with Gasteiger partial charge >= 0.3 is 23.5 Å². The minimum Gasteiger partial charge on any atom is -0.370 e. The van der Waals surface area contributed by atoms with E-state index in [1.165, 1.54) is 0 Å². The van der Waals surface area contributed by atoms with Gasteiger partial charge in [-0.05, 0) is 19.3 Å². The Bertz CT molecular complexity index is 1110. The molecule has 16 nitrogen and oxygen atoms in total. The average molecular weight is 528 g/mol. The third-order valence-electron chi connectivity index (χ3n) is 4.94. The molecule has 2 heterocycles. The summed E-state index contributed by atoms with van der Waals surface area (Å²) in [6.07, 6.45) is 7.39. The zero-order valence-electron chi connectivity index (χ0n) is 16.9. The molecule has 184 valence electrons. The van der Waals surface area contributed by atoms with Crippen LogP contribution in [0, 0.1) is 5.92 Å². The van der Waals surface area contributed by atoms with Crippen molar-refractivity contribution in [2.45, 2.75) is 37.5 Å². The Morgan fingerprint density at radius 3 is 2.55 bits per heavy atom. The molecule has 1 aliphatic heterocycles. The monoisotopic (exact) mass is 528 g/mol. The molecule has 1 fully saturated rings. The molecule has 3 aliphatic rings.